The van der Waals surface area contributed by atoms with Crippen LogP contribution in [0.2, 0.25) is 0 Å². The first-order chi connectivity index (χ1) is 13.0. The Hall–Kier alpha value is -3.47. The minimum absolute atomic E-state index is 0.146. The van der Waals surface area contributed by atoms with Crippen LogP contribution < -0.4 is 5.32 Å². The van der Waals surface area contributed by atoms with Crippen molar-refractivity contribution in [3.05, 3.63) is 77.6 Å². The average molecular weight is 356 g/mol. The van der Waals surface area contributed by atoms with Crippen LogP contribution in [0.4, 0.5) is 5.69 Å². The van der Waals surface area contributed by atoms with Crippen LogP contribution in [-0.4, -0.2) is 20.7 Å². The molecule has 27 heavy (non-hydrogen) atoms. The number of hydrogen-bond donors (Lipinski definition) is 1. The second-order valence-electron chi connectivity index (χ2n) is 6.68. The van der Waals surface area contributed by atoms with Crippen molar-refractivity contribution in [2.45, 2.75) is 13.8 Å². The summed E-state index contributed by atoms with van der Waals surface area (Å²) in [6.07, 6.45) is 3.65. The number of carbonyl (C=O) groups is 1. The molecular formula is C22H20N4O. The van der Waals surface area contributed by atoms with Crippen molar-refractivity contribution < 1.29 is 4.79 Å². The maximum atomic E-state index is 13.1. The van der Waals surface area contributed by atoms with Gasteiger partial charge in [0.25, 0.3) is 5.91 Å². The molecule has 1 N–H and O–H groups in total. The van der Waals surface area contributed by atoms with Crippen molar-refractivity contribution in [3.8, 4) is 11.3 Å². The van der Waals surface area contributed by atoms with Gasteiger partial charge in [0, 0.05) is 29.9 Å². The lowest BCUT2D eigenvalue weighted by Crippen LogP contribution is -2.14. The van der Waals surface area contributed by atoms with Crippen molar-refractivity contribution in [1.82, 2.24) is 14.8 Å². The highest BCUT2D eigenvalue weighted by molar-refractivity contribution is 6.13. The summed E-state index contributed by atoms with van der Waals surface area (Å²) < 4.78 is 1.72. The van der Waals surface area contributed by atoms with E-state index in [0.29, 0.717) is 5.56 Å². The van der Waals surface area contributed by atoms with Crippen LogP contribution >= 0.6 is 0 Å². The number of amides is 1. The van der Waals surface area contributed by atoms with Gasteiger partial charge in [0.15, 0.2) is 0 Å². The van der Waals surface area contributed by atoms with E-state index in [2.05, 4.69) is 10.4 Å². The predicted octanol–water partition coefficient (Wildman–Crippen LogP) is 4.50. The lowest BCUT2D eigenvalue weighted by molar-refractivity contribution is 0.102. The normalized spacial score (nSPS) is 10.9. The Balaban J connectivity index is 1.82. The van der Waals surface area contributed by atoms with Gasteiger partial charge in [0.2, 0.25) is 0 Å². The molecule has 1 amide bonds. The highest BCUT2D eigenvalue weighted by atomic mass is 16.1. The highest BCUT2D eigenvalue weighted by Gasteiger charge is 2.15. The van der Waals surface area contributed by atoms with Crippen LogP contribution in [0.15, 0.2) is 60.9 Å². The van der Waals surface area contributed by atoms with E-state index in [1.165, 1.54) is 0 Å². The zero-order valence-corrected chi connectivity index (χ0v) is 15.5. The number of fused-ring (bicyclic) bond motifs is 1. The summed E-state index contributed by atoms with van der Waals surface area (Å²) in [4.78, 5) is 17.8. The number of nitrogens with one attached hydrogen (secondary N) is 1. The molecule has 0 saturated heterocycles. The quantitative estimate of drug-likeness (QED) is 0.588. The minimum Gasteiger partial charge on any atom is -0.322 e. The second-order valence-corrected chi connectivity index (χ2v) is 6.68. The van der Waals surface area contributed by atoms with E-state index in [1.807, 2.05) is 75.6 Å². The maximum Gasteiger partial charge on any atom is 0.256 e. The molecular weight excluding hydrogens is 336 g/mol. The summed E-state index contributed by atoms with van der Waals surface area (Å²) in [5.41, 5.74) is 6.02. The van der Waals surface area contributed by atoms with Crippen LogP contribution in [0.5, 0.6) is 0 Å². The van der Waals surface area contributed by atoms with Crippen molar-refractivity contribution in [1.29, 1.82) is 0 Å². The van der Waals surface area contributed by atoms with E-state index < -0.39 is 0 Å². The molecule has 0 aliphatic rings. The Morgan fingerprint density at radius 1 is 1.07 bits per heavy atom. The largest absolute Gasteiger partial charge is 0.322 e. The Morgan fingerprint density at radius 2 is 1.89 bits per heavy atom. The van der Waals surface area contributed by atoms with Gasteiger partial charge in [0.05, 0.1) is 23.0 Å². The first-order valence-corrected chi connectivity index (χ1v) is 8.79. The molecule has 2 aromatic carbocycles. The average Bonchev–Trinajstić information content (AvgIpc) is 3.11. The summed E-state index contributed by atoms with van der Waals surface area (Å²) in [5.74, 6) is -0.146. The molecule has 0 radical (unpaired) electrons. The predicted molar refractivity (Wildman–Crippen MR) is 108 cm³/mol. The Bertz CT molecular complexity index is 1160. The summed E-state index contributed by atoms with van der Waals surface area (Å²) >= 11 is 0. The Labute approximate surface area is 157 Å². The van der Waals surface area contributed by atoms with Gasteiger partial charge in [-0.1, -0.05) is 30.3 Å². The van der Waals surface area contributed by atoms with Crippen molar-refractivity contribution in [3.63, 3.8) is 0 Å². The molecule has 2 heterocycles. The second kappa shape index (κ2) is 6.68. The molecule has 0 saturated carbocycles. The van der Waals surface area contributed by atoms with Gasteiger partial charge < -0.3 is 5.32 Å². The number of anilines is 1. The van der Waals surface area contributed by atoms with Gasteiger partial charge >= 0.3 is 0 Å². The van der Waals surface area contributed by atoms with E-state index in [4.69, 9.17) is 4.98 Å². The van der Waals surface area contributed by atoms with Gasteiger partial charge in [-0.15, -0.1) is 0 Å². The number of rotatable bonds is 3. The number of hydrogen-bond acceptors (Lipinski definition) is 3. The van der Waals surface area contributed by atoms with E-state index in [9.17, 15) is 4.79 Å². The summed E-state index contributed by atoms with van der Waals surface area (Å²) in [6, 6.07) is 15.4. The number of nitrogens with zero attached hydrogens (tertiary/aromatic N) is 3. The van der Waals surface area contributed by atoms with Crippen molar-refractivity contribution in [2.24, 2.45) is 7.05 Å². The summed E-state index contributed by atoms with van der Waals surface area (Å²) in [5, 5.41) is 8.10. The van der Waals surface area contributed by atoms with Gasteiger partial charge in [0.1, 0.15) is 0 Å². The van der Waals surface area contributed by atoms with Crippen LogP contribution in [-0.2, 0) is 7.05 Å². The molecule has 4 rings (SSSR count). The van der Waals surface area contributed by atoms with E-state index in [-0.39, 0.29) is 5.91 Å². The van der Waals surface area contributed by atoms with Gasteiger partial charge in [-0.2, -0.15) is 5.10 Å². The smallest absolute Gasteiger partial charge is 0.256 e. The molecule has 0 unspecified atom stereocenters. The SMILES string of the molecule is Cc1cccc(NC(=O)c2cc(-c3cnn(C)c3)nc3ccccc23)c1C. The number of aromatic nitrogens is 3. The van der Waals surface area contributed by atoms with Crippen LogP contribution in [0, 0.1) is 13.8 Å². The van der Waals surface area contributed by atoms with Gasteiger partial charge in [-0.3, -0.25) is 9.48 Å². The molecule has 2 aromatic heterocycles. The lowest BCUT2D eigenvalue weighted by Gasteiger charge is -2.12. The molecule has 5 nitrogen and oxygen atoms in total. The van der Waals surface area contributed by atoms with E-state index in [1.54, 1.807) is 10.9 Å². The van der Waals surface area contributed by atoms with Gasteiger partial charge in [-0.05, 0) is 43.2 Å². The van der Waals surface area contributed by atoms with Crippen LogP contribution in [0.1, 0.15) is 21.5 Å². The van der Waals surface area contributed by atoms with E-state index >= 15 is 0 Å². The minimum atomic E-state index is -0.146. The van der Waals surface area contributed by atoms with Gasteiger partial charge in [-0.25, -0.2) is 4.98 Å². The number of carbonyl (C=O) groups excluding carboxylic acids is 1. The molecule has 5 heteroatoms. The highest BCUT2D eigenvalue weighted by Crippen LogP contribution is 2.26. The van der Waals surface area contributed by atoms with Crippen LogP contribution in [0.3, 0.4) is 0 Å². The summed E-state index contributed by atoms with van der Waals surface area (Å²) in [7, 11) is 1.86. The monoisotopic (exact) mass is 356 g/mol. The molecule has 0 atom stereocenters. The number of para-hydroxylation sites is 1. The van der Waals surface area contributed by atoms with Crippen LogP contribution in [0.25, 0.3) is 22.2 Å². The maximum absolute atomic E-state index is 13.1. The molecule has 0 aliphatic heterocycles. The fourth-order valence-electron chi connectivity index (χ4n) is 3.14. The third kappa shape index (κ3) is 3.19. The number of pyridine rings is 1. The first-order valence-electron chi connectivity index (χ1n) is 8.79. The number of aryl methyl sites for hydroxylation is 2. The molecule has 0 bridgehead atoms. The lowest BCUT2D eigenvalue weighted by atomic mass is 10.0. The number of benzene rings is 2. The Kier molecular flexibility index (Phi) is 4.20. The standard InChI is InChI=1S/C22H20N4O/c1-14-7-6-10-19(15(14)2)25-22(27)18-11-21(16-12-23-26(3)13-16)24-20-9-5-4-8-17(18)20/h4-13H,1-3H3,(H,25,27). The van der Waals surface area contributed by atoms with E-state index in [0.717, 1.165) is 39.0 Å². The van der Waals surface area contributed by atoms with Crippen molar-refractivity contribution >= 4 is 22.5 Å². The molecule has 134 valence electrons. The molecule has 0 aliphatic carbocycles. The fraction of sp³-hybridized carbons (Fsp3) is 0.136. The third-order valence-corrected chi connectivity index (χ3v) is 4.81. The van der Waals surface area contributed by atoms with Crippen molar-refractivity contribution in [2.75, 3.05) is 5.32 Å². The fourth-order valence-corrected chi connectivity index (χ4v) is 3.14. The Morgan fingerprint density at radius 3 is 2.67 bits per heavy atom. The molecule has 0 fully saturated rings. The zero-order valence-electron chi connectivity index (χ0n) is 15.5. The molecule has 4 aromatic rings. The molecule has 0 spiro atoms. The topological polar surface area (TPSA) is 59.8 Å². The third-order valence-electron chi connectivity index (χ3n) is 4.81. The summed E-state index contributed by atoms with van der Waals surface area (Å²) in [6.45, 7) is 4.05. The zero-order chi connectivity index (χ0) is 19.0. The first kappa shape index (κ1) is 17.0.